The Kier molecular flexibility index (Phi) is 7.60. The van der Waals surface area contributed by atoms with Crippen LogP contribution in [0.15, 0.2) is 95.9 Å². The van der Waals surface area contributed by atoms with E-state index < -0.39 is 10.0 Å². The number of nitrogens with one attached hydrogen (secondary N) is 1. The van der Waals surface area contributed by atoms with Crippen LogP contribution in [-0.2, 0) is 10.0 Å². The maximum atomic E-state index is 13.2. The van der Waals surface area contributed by atoms with Crippen molar-refractivity contribution in [1.82, 2.24) is 14.9 Å². The van der Waals surface area contributed by atoms with Crippen LogP contribution in [0.5, 0.6) is 11.6 Å². The number of hydrogen-bond acceptors (Lipinski definition) is 6. The first-order chi connectivity index (χ1) is 17.4. The smallest absolute Gasteiger partial charge is 0.264 e. The number of carbonyl (C=O) groups is 1. The number of carbonyl (C=O) groups excluding carboxylic acids is 1. The van der Waals surface area contributed by atoms with E-state index in [1.54, 1.807) is 65.6 Å². The Morgan fingerprint density at radius 3 is 2.14 bits per heavy atom. The van der Waals surface area contributed by atoms with Crippen molar-refractivity contribution < 1.29 is 17.9 Å². The van der Waals surface area contributed by atoms with Gasteiger partial charge in [-0.1, -0.05) is 54.6 Å². The second-order valence-corrected chi connectivity index (χ2v) is 9.45. The summed E-state index contributed by atoms with van der Waals surface area (Å²) in [7, 11) is -3.96. The lowest BCUT2D eigenvalue weighted by atomic mass is 10.0. The molecular formula is C27H26N4O4S. The molecule has 0 saturated carbocycles. The first kappa shape index (κ1) is 24.9. The molecule has 0 aliphatic carbocycles. The SMILES string of the molecule is CCN(CC)C(=O)c1ccccc1-c1cc(Oc2ccccc2)nc(NS(=O)(=O)c2ccccc2)n1. The van der Waals surface area contributed by atoms with E-state index in [2.05, 4.69) is 14.7 Å². The third-order valence-corrected chi connectivity index (χ3v) is 6.78. The lowest BCUT2D eigenvalue weighted by Gasteiger charge is -2.20. The average Bonchev–Trinajstić information content (AvgIpc) is 2.90. The molecule has 4 aromatic rings. The summed E-state index contributed by atoms with van der Waals surface area (Å²) in [5.74, 6) is 0.326. The largest absolute Gasteiger partial charge is 0.439 e. The number of para-hydroxylation sites is 1. The number of ether oxygens (including phenoxy) is 1. The van der Waals surface area contributed by atoms with E-state index >= 15 is 0 Å². The van der Waals surface area contributed by atoms with E-state index in [1.807, 2.05) is 32.0 Å². The van der Waals surface area contributed by atoms with Crippen molar-refractivity contribution in [3.63, 3.8) is 0 Å². The molecule has 8 nitrogen and oxygen atoms in total. The molecule has 0 aliphatic heterocycles. The predicted octanol–water partition coefficient (Wildman–Crippen LogP) is 5.22. The van der Waals surface area contributed by atoms with Crippen LogP contribution in [0.1, 0.15) is 24.2 Å². The highest BCUT2D eigenvalue weighted by atomic mass is 32.2. The van der Waals surface area contributed by atoms with Crippen LogP contribution in [0.4, 0.5) is 5.95 Å². The molecule has 0 unspecified atom stereocenters. The molecule has 0 saturated heterocycles. The normalized spacial score (nSPS) is 11.1. The molecule has 0 bridgehead atoms. The number of hydrogen-bond donors (Lipinski definition) is 1. The van der Waals surface area contributed by atoms with Crippen LogP contribution in [-0.4, -0.2) is 42.3 Å². The van der Waals surface area contributed by atoms with Gasteiger partial charge in [-0.25, -0.2) is 18.1 Å². The Hall–Kier alpha value is -4.24. The van der Waals surface area contributed by atoms with Gasteiger partial charge in [-0.05, 0) is 44.2 Å². The topological polar surface area (TPSA) is 101 Å². The van der Waals surface area contributed by atoms with Gasteiger partial charge in [0, 0.05) is 30.3 Å². The number of amides is 1. The second kappa shape index (κ2) is 11.0. The summed E-state index contributed by atoms with van der Waals surface area (Å²) < 4.78 is 34.3. The highest BCUT2D eigenvalue weighted by Crippen LogP contribution is 2.29. The molecule has 1 heterocycles. The maximum Gasteiger partial charge on any atom is 0.264 e. The number of aromatic nitrogens is 2. The summed E-state index contributed by atoms with van der Waals surface area (Å²) in [6, 6.07) is 25.6. The molecule has 0 spiro atoms. The number of anilines is 1. The maximum absolute atomic E-state index is 13.2. The van der Waals surface area contributed by atoms with Crippen LogP contribution in [0.25, 0.3) is 11.3 Å². The van der Waals surface area contributed by atoms with Gasteiger partial charge in [-0.15, -0.1) is 0 Å². The summed E-state index contributed by atoms with van der Waals surface area (Å²) in [5, 5.41) is 0. The van der Waals surface area contributed by atoms with Gasteiger partial charge in [0.1, 0.15) is 5.75 Å². The van der Waals surface area contributed by atoms with E-state index in [-0.39, 0.29) is 22.6 Å². The van der Waals surface area contributed by atoms with Crippen molar-refractivity contribution >= 4 is 21.9 Å². The summed E-state index contributed by atoms with van der Waals surface area (Å²) in [5.41, 5.74) is 1.33. The zero-order chi connectivity index (χ0) is 25.5. The number of rotatable bonds is 9. The van der Waals surface area contributed by atoms with Gasteiger partial charge in [0.15, 0.2) is 0 Å². The van der Waals surface area contributed by atoms with E-state index in [4.69, 9.17) is 4.74 Å². The minimum Gasteiger partial charge on any atom is -0.439 e. The summed E-state index contributed by atoms with van der Waals surface area (Å²) in [4.78, 5) is 23.7. The van der Waals surface area contributed by atoms with Gasteiger partial charge < -0.3 is 9.64 Å². The van der Waals surface area contributed by atoms with Gasteiger partial charge in [0.25, 0.3) is 15.9 Å². The summed E-state index contributed by atoms with van der Waals surface area (Å²) in [6.07, 6.45) is 0. The first-order valence-electron chi connectivity index (χ1n) is 11.5. The molecule has 184 valence electrons. The standard InChI is InChI=1S/C27H26N4O4S/c1-3-31(4-2)26(32)23-18-12-11-17-22(23)24-19-25(35-20-13-7-5-8-14-20)29-27(28-24)30-36(33,34)21-15-9-6-10-16-21/h5-19H,3-4H2,1-2H3,(H,28,29,30). The van der Waals surface area contributed by atoms with Crippen LogP contribution in [0, 0.1) is 0 Å². The van der Waals surface area contributed by atoms with Crippen LogP contribution in [0.2, 0.25) is 0 Å². The Labute approximate surface area is 210 Å². The zero-order valence-electron chi connectivity index (χ0n) is 20.0. The Bertz CT molecular complexity index is 1440. The molecule has 4 rings (SSSR count). The third kappa shape index (κ3) is 5.69. The molecule has 0 atom stereocenters. The minimum absolute atomic E-state index is 0.0710. The van der Waals surface area contributed by atoms with Crippen molar-refractivity contribution in [3.8, 4) is 22.9 Å². The quantitative estimate of drug-likeness (QED) is 0.337. The van der Waals surface area contributed by atoms with Crippen LogP contribution >= 0.6 is 0 Å². The fraction of sp³-hybridized carbons (Fsp3) is 0.148. The monoisotopic (exact) mass is 502 g/mol. The van der Waals surface area contributed by atoms with Gasteiger partial charge in [-0.3, -0.25) is 4.79 Å². The highest BCUT2D eigenvalue weighted by Gasteiger charge is 2.21. The molecule has 36 heavy (non-hydrogen) atoms. The van der Waals surface area contributed by atoms with E-state index in [0.29, 0.717) is 35.7 Å². The molecule has 1 amide bonds. The van der Waals surface area contributed by atoms with E-state index in [0.717, 1.165) is 0 Å². The second-order valence-electron chi connectivity index (χ2n) is 7.77. The van der Waals surface area contributed by atoms with Crippen molar-refractivity contribution in [2.75, 3.05) is 17.8 Å². The van der Waals surface area contributed by atoms with E-state index in [9.17, 15) is 13.2 Å². The van der Waals surface area contributed by atoms with Crippen LogP contribution < -0.4 is 9.46 Å². The van der Waals surface area contributed by atoms with Gasteiger partial charge in [0.2, 0.25) is 11.8 Å². The van der Waals surface area contributed by atoms with Crippen molar-refractivity contribution in [1.29, 1.82) is 0 Å². The van der Waals surface area contributed by atoms with Crippen LogP contribution in [0.3, 0.4) is 0 Å². The zero-order valence-corrected chi connectivity index (χ0v) is 20.8. The molecule has 0 radical (unpaired) electrons. The molecule has 0 fully saturated rings. The lowest BCUT2D eigenvalue weighted by Crippen LogP contribution is -2.30. The number of nitrogens with zero attached hydrogens (tertiary/aromatic N) is 3. The predicted molar refractivity (Wildman–Crippen MR) is 138 cm³/mol. The Morgan fingerprint density at radius 1 is 0.861 bits per heavy atom. The summed E-state index contributed by atoms with van der Waals surface area (Å²) >= 11 is 0. The number of benzene rings is 3. The molecular weight excluding hydrogens is 476 g/mol. The molecule has 1 aromatic heterocycles. The lowest BCUT2D eigenvalue weighted by molar-refractivity contribution is 0.0773. The van der Waals surface area contributed by atoms with Crippen molar-refractivity contribution in [2.45, 2.75) is 18.7 Å². The number of sulfonamides is 1. The third-order valence-electron chi connectivity index (χ3n) is 5.43. The fourth-order valence-corrected chi connectivity index (χ4v) is 4.59. The minimum atomic E-state index is -3.96. The van der Waals surface area contributed by atoms with Crippen molar-refractivity contribution in [3.05, 3.63) is 96.6 Å². The Morgan fingerprint density at radius 2 is 1.47 bits per heavy atom. The average molecular weight is 503 g/mol. The molecule has 3 aromatic carbocycles. The first-order valence-corrected chi connectivity index (χ1v) is 13.0. The van der Waals surface area contributed by atoms with Gasteiger partial charge in [0.05, 0.1) is 10.6 Å². The molecule has 9 heteroatoms. The Balaban J connectivity index is 1.81. The molecule has 1 N–H and O–H groups in total. The highest BCUT2D eigenvalue weighted by molar-refractivity contribution is 7.92. The molecule has 0 aliphatic rings. The van der Waals surface area contributed by atoms with Gasteiger partial charge >= 0.3 is 0 Å². The van der Waals surface area contributed by atoms with E-state index in [1.165, 1.54) is 12.1 Å². The fourth-order valence-electron chi connectivity index (χ4n) is 3.62. The van der Waals surface area contributed by atoms with Crippen molar-refractivity contribution in [2.24, 2.45) is 0 Å². The summed E-state index contributed by atoms with van der Waals surface area (Å²) in [6.45, 7) is 4.93. The van der Waals surface area contributed by atoms with Gasteiger partial charge in [-0.2, -0.15) is 4.98 Å².